The number of H-pyrrole nitrogens is 1. The Morgan fingerprint density at radius 1 is 1.03 bits per heavy atom. The third kappa shape index (κ3) is 3.33. The largest absolute Gasteiger partial charge is 0.493 e. The fourth-order valence-corrected chi connectivity index (χ4v) is 3.79. The molecule has 0 bridgehead atoms. The Kier molecular flexibility index (Phi) is 4.51. The summed E-state index contributed by atoms with van der Waals surface area (Å²) < 4.78 is 18.0. The number of benzene rings is 2. The average Bonchev–Trinajstić information content (AvgIpc) is 3.41. The van der Waals surface area contributed by atoms with Gasteiger partial charge < -0.3 is 24.1 Å². The Labute approximate surface area is 175 Å². The number of nitrogens with zero attached hydrogens (tertiary/aromatic N) is 2. The van der Waals surface area contributed by atoms with E-state index in [2.05, 4.69) is 29.0 Å². The molecule has 154 valence electrons. The molecular weight excluding hydrogens is 378 g/mol. The lowest BCUT2D eigenvalue weighted by atomic mass is 10.1. The van der Waals surface area contributed by atoms with E-state index in [-0.39, 0.29) is 5.54 Å². The number of aromatic nitrogens is 2. The highest BCUT2D eigenvalue weighted by Crippen LogP contribution is 2.42. The van der Waals surface area contributed by atoms with E-state index in [1.807, 2.05) is 48.7 Å². The molecule has 1 aliphatic rings. The molecule has 5 rings (SSSR count). The summed E-state index contributed by atoms with van der Waals surface area (Å²) in [5, 5.41) is 1.98. The van der Waals surface area contributed by atoms with Crippen molar-refractivity contribution in [2.75, 3.05) is 27.8 Å². The SMILES string of the molecule is COc1cc2c(Oc3ccc4[nH]ccc4c3)ccnc2cc1OCC1(N(C)C)CC1. The minimum absolute atomic E-state index is 0.134. The second kappa shape index (κ2) is 7.22. The van der Waals surface area contributed by atoms with Crippen LogP contribution in [0.2, 0.25) is 0 Å². The molecular formula is C24H25N3O3. The lowest BCUT2D eigenvalue weighted by molar-refractivity contribution is 0.164. The van der Waals surface area contributed by atoms with Crippen LogP contribution in [-0.4, -0.2) is 48.2 Å². The van der Waals surface area contributed by atoms with Crippen molar-refractivity contribution in [3.05, 3.63) is 54.9 Å². The maximum Gasteiger partial charge on any atom is 0.163 e. The van der Waals surface area contributed by atoms with Crippen molar-refractivity contribution in [3.8, 4) is 23.0 Å². The van der Waals surface area contributed by atoms with Gasteiger partial charge in [-0.2, -0.15) is 0 Å². The second-order valence-corrected chi connectivity index (χ2v) is 8.07. The van der Waals surface area contributed by atoms with E-state index >= 15 is 0 Å². The van der Waals surface area contributed by atoms with Crippen LogP contribution in [0.1, 0.15) is 12.8 Å². The van der Waals surface area contributed by atoms with Gasteiger partial charge in [0, 0.05) is 34.7 Å². The van der Waals surface area contributed by atoms with E-state index in [9.17, 15) is 0 Å². The molecule has 1 aliphatic carbocycles. The molecule has 1 fully saturated rings. The fraction of sp³-hybridized carbons (Fsp3) is 0.292. The van der Waals surface area contributed by atoms with Crippen LogP contribution in [-0.2, 0) is 0 Å². The number of aromatic amines is 1. The van der Waals surface area contributed by atoms with Gasteiger partial charge in [0.1, 0.15) is 18.1 Å². The lowest BCUT2D eigenvalue weighted by Gasteiger charge is -2.24. The van der Waals surface area contributed by atoms with Crippen LogP contribution < -0.4 is 14.2 Å². The number of hydrogen-bond acceptors (Lipinski definition) is 5. The third-order valence-electron chi connectivity index (χ3n) is 6.01. The summed E-state index contributed by atoms with van der Waals surface area (Å²) >= 11 is 0. The molecule has 2 aromatic carbocycles. The summed E-state index contributed by atoms with van der Waals surface area (Å²) in [6.45, 7) is 0.634. The molecule has 2 heterocycles. The first-order valence-electron chi connectivity index (χ1n) is 10.1. The summed E-state index contributed by atoms with van der Waals surface area (Å²) in [4.78, 5) is 9.96. The van der Waals surface area contributed by atoms with Crippen molar-refractivity contribution in [2.45, 2.75) is 18.4 Å². The van der Waals surface area contributed by atoms with Crippen LogP contribution in [0.3, 0.4) is 0 Å². The van der Waals surface area contributed by atoms with Crippen LogP contribution in [0.25, 0.3) is 21.8 Å². The highest BCUT2D eigenvalue weighted by atomic mass is 16.5. The van der Waals surface area contributed by atoms with E-state index in [1.54, 1.807) is 13.3 Å². The van der Waals surface area contributed by atoms with Gasteiger partial charge in [-0.05, 0) is 63.3 Å². The molecule has 6 heteroatoms. The minimum Gasteiger partial charge on any atom is -0.493 e. The van der Waals surface area contributed by atoms with Crippen LogP contribution in [0.15, 0.2) is 54.9 Å². The molecule has 4 aromatic rings. The first kappa shape index (κ1) is 18.8. The number of hydrogen-bond donors (Lipinski definition) is 1. The molecule has 0 spiro atoms. The standard InChI is InChI=1S/C24H25N3O3/c1-27(2)24(8-9-24)15-29-23-14-20-18(13-22(23)28-3)21(7-11-26-20)30-17-4-5-19-16(12-17)6-10-25-19/h4-7,10-14,25H,8-9,15H2,1-3H3. The second-order valence-electron chi connectivity index (χ2n) is 8.07. The molecule has 0 atom stereocenters. The predicted molar refractivity (Wildman–Crippen MR) is 118 cm³/mol. The van der Waals surface area contributed by atoms with Crippen molar-refractivity contribution < 1.29 is 14.2 Å². The Morgan fingerprint density at radius 2 is 1.90 bits per heavy atom. The van der Waals surface area contributed by atoms with Gasteiger partial charge in [-0.25, -0.2) is 0 Å². The molecule has 0 saturated heterocycles. The van der Waals surface area contributed by atoms with Gasteiger partial charge in [0.25, 0.3) is 0 Å². The zero-order chi connectivity index (χ0) is 20.7. The van der Waals surface area contributed by atoms with Gasteiger partial charge in [0.05, 0.1) is 18.2 Å². The first-order valence-corrected chi connectivity index (χ1v) is 10.1. The Hall–Kier alpha value is -3.25. The Balaban J connectivity index is 1.46. The quantitative estimate of drug-likeness (QED) is 0.471. The van der Waals surface area contributed by atoms with Crippen molar-refractivity contribution in [2.24, 2.45) is 0 Å². The first-order chi connectivity index (χ1) is 14.6. The number of likely N-dealkylation sites (N-methyl/N-ethyl adjacent to an activating group) is 1. The summed E-state index contributed by atoms with van der Waals surface area (Å²) in [5.41, 5.74) is 2.02. The molecule has 6 nitrogen and oxygen atoms in total. The average molecular weight is 403 g/mol. The number of nitrogens with one attached hydrogen (secondary N) is 1. The van der Waals surface area contributed by atoms with E-state index in [0.29, 0.717) is 18.1 Å². The maximum atomic E-state index is 6.21. The Bertz CT molecular complexity index is 1210. The van der Waals surface area contributed by atoms with Gasteiger partial charge in [-0.3, -0.25) is 4.98 Å². The highest BCUT2D eigenvalue weighted by molar-refractivity contribution is 5.88. The zero-order valence-corrected chi connectivity index (χ0v) is 17.4. The number of ether oxygens (including phenoxy) is 3. The number of pyridine rings is 1. The molecule has 0 aliphatic heterocycles. The summed E-state index contributed by atoms with van der Waals surface area (Å²) in [6.07, 6.45) is 5.98. The smallest absolute Gasteiger partial charge is 0.163 e. The van der Waals surface area contributed by atoms with Crippen molar-refractivity contribution in [1.29, 1.82) is 0 Å². The topological polar surface area (TPSA) is 59.6 Å². The van der Waals surface area contributed by atoms with Crippen LogP contribution in [0, 0.1) is 0 Å². The lowest BCUT2D eigenvalue weighted by Crippen LogP contribution is -2.35. The molecule has 0 radical (unpaired) electrons. The third-order valence-corrected chi connectivity index (χ3v) is 6.01. The predicted octanol–water partition coefficient (Wildman–Crippen LogP) is 4.99. The van der Waals surface area contributed by atoms with Gasteiger partial charge in [-0.15, -0.1) is 0 Å². The van der Waals surface area contributed by atoms with E-state index in [4.69, 9.17) is 14.2 Å². The summed E-state index contributed by atoms with van der Waals surface area (Å²) in [5.74, 6) is 2.88. The van der Waals surface area contributed by atoms with Gasteiger partial charge in [-0.1, -0.05) is 0 Å². The van der Waals surface area contributed by atoms with Crippen molar-refractivity contribution in [1.82, 2.24) is 14.9 Å². The van der Waals surface area contributed by atoms with E-state index < -0.39 is 0 Å². The summed E-state index contributed by atoms with van der Waals surface area (Å²) in [7, 11) is 5.86. The normalized spacial score (nSPS) is 14.9. The number of methoxy groups -OCH3 is 1. The van der Waals surface area contributed by atoms with Crippen LogP contribution in [0.5, 0.6) is 23.0 Å². The molecule has 0 unspecified atom stereocenters. The van der Waals surface area contributed by atoms with Crippen molar-refractivity contribution >= 4 is 21.8 Å². The van der Waals surface area contributed by atoms with Crippen LogP contribution in [0.4, 0.5) is 0 Å². The highest BCUT2D eigenvalue weighted by Gasteiger charge is 2.45. The van der Waals surface area contributed by atoms with Gasteiger partial charge >= 0.3 is 0 Å². The zero-order valence-electron chi connectivity index (χ0n) is 17.4. The fourth-order valence-electron chi connectivity index (χ4n) is 3.79. The summed E-state index contributed by atoms with van der Waals surface area (Å²) in [6, 6.07) is 13.8. The molecule has 30 heavy (non-hydrogen) atoms. The number of fused-ring (bicyclic) bond motifs is 2. The molecule has 1 saturated carbocycles. The maximum absolute atomic E-state index is 6.21. The van der Waals surface area contributed by atoms with Gasteiger partial charge in [0.2, 0.25) is 0 Å². The molecule has 0 amide bonds. The minimum atomic E-state index is 0.134. The number of rotatable bonds is 7. The van der Waals surface area contributed by atoms with Gasteiger partial charge in [0.15, 0.2) is 11.5 Å². The molecule has 1 N–H and O–H groups in total. The van der Waals surface area contributed by atoms with E-state index in [1.165, 1.54) is 0 Å². The molecule has 2 aromatic heterocycles. The van der Waals surface area contributed by atoms with Crippen molar-refractivity contribution in [3.63, 3.8) is 0 Å². The van der Waals surface area contributed by atoms with Crippen LogP contribution >= 0.6 is 0 Å². The Morgan fingerprint density at radius 3 is 2.67 bits per heavy atom. The monoisotopic (exact) mass is 403 g/mol. The van der Waals surface area contributed by atoms with E-state index in [0.717, 1.165) is 46.1 Å².